The van der Waals surface area contributed by atoms with Gasteiger partial charge in [0.2, 0.25) is 0 Å². The number of rotatable bonds is 3. The molecule has 0 amide bonds. The number of hydrogen-bond donors (Lipinski definition) is 0. The summed E-state index contributed by atoms with van der Waals surface area (Å²) in [5.41, 5.74) is 2.24. The van der Waals surface area contributed by atoms with Crippen molar-refractivity contribution in [3.05, 3.63) is 68.1 Å². The fourth-order valence-corrected chi connectivity index (χ4v) is 2.42. The number of aryl methyl sites for hydroxylation is 1. The van der Waals surface area contributed by atoms with Gasteiger partial charge in [0.15, 0.2) is 5.78 Å². The minimum atomic E-state index is -0.774. The molecule has 4 heteroatoms. The highest BCUT2D eigenvalue weighted by Gasteiger charge is 2.22. The molecule has 0 fully saturated rings. The number of carbonyl (C=O) groups is 1. The van der Waals surface area contributed by atoms with Gasteiger partial charge in [0.25, 0.3) is 0 Å². The van der Waals surface area contributed by atoms with Crippen molar-refractivity contribution >= 4 is 37.6 Å². The van der Waals surface area contributed by atoms with Crippen molar-refractivity contribution in [1.82, 2.24) is 0 Å². The van der Waals surface area contributed by atoms with Crippen molar-refractivity contribution in [3.8, 4) is 6.07 Å². The Kier molecular flexibility index (Phi) is 4.74. The molecule has 2 aromatic carbocycles. The molecule has 2 rings (SSSR count). The average molecular weight is 393 g/mol. The third-order valence-corrected chi connectivity index (χ3v) is 4.46. The van der Waals surface area contributed by atoms with Gasteiger partial charge in [-0.15, -0.1) is 0 Å². The fraction of sp³-hybridized carbons (Fsp3) is 0.125. The normalized spacial score (nSPS) is 11.7. The third-order valence-electron chi connectivity index (χ3n) is 3.04. The van der Waals surface area contributed by atoms with E-state index in [4.69, 9.17) is 0 Å². The Hall–Kier alpha value is -1.44. The zero-order chi connectivity index (χ0) is 14.7. The van der Waals surface area contributed by atoms with Gasteiger partial charge in [-0.05, 0) is 42.3 Å². The molecule has 1 atom stereocenters. The first kappa shape index (κ1) is 15.0. The monoisotopic (exact) mass is 391 g/mol. The molecular weight excluding hydrogens is 382 g/mol. The Labute approximate surface area is 134 Å². The molecule has 0 aliphatic rings. The molecule has 0 radical (unpaired) electrons. The van der Waals surface area contributed by atoms with Crippen molar-refractivity contribution in [3.63, 3.8) is 0 Å². The van der Waals surface area contributed by atoms with Crippen LogP contribution in [0.25, 0.3) is 0 Å². The van der Waals surface area contributed by atoms with Gasteiger partial charge >= 0.3 is 0 Å². The summed E-state index contributed by atoms with van der Waals surface area (Å²) in [5.74, 6) is -0.950. The second-order valence-corrected chi connectivity index (χ2v) is 6.21. The van der Waals surface area contributed by atoms with Gasteiger partial charge in [-0.3, -0.25) is 4.79 Å². The van der Waals surface area contributed by atoms with E-state index in [-0.39, 0.29) is 5.78 Å². The number of ketones is 1. The zero-order valence-electron chi connectivity index (χ0n) is 10.7. The highest BCUT2D eigenvalue weighted by molar-refractivity contribution is 9.10. The van der Waals surface area contributed by atoms with Crippen molar-refractivity contribution in [2.75, 3.05) is 0 Å². The van der Waals surface area contributed by atoms with E-state index in [9.17, 15) is 10.1 Å². The van der Waals surface area contributed by atoms with Crippen LogP contribution in [-0.2, 0) is 0 Å². The molecular formula is C16H11Br2NO. The van der Waals surface area contributed by atoms with Crippen LogP contribution in [0.2, 0.25) is 0 Å². The number of Topliss-reactive ketones (excluding diaryl/α,β-unsaturated/α-hetero) is 1. The maximum Gasteiger partial charge on any atom is 0.184 e. The van der Waals surface area contributed by atoms with E-state index in [0.29, 0.717) is 11.1 Å². The Bertz CT molecular complexity index is 687. The molecule has 0 aliphatic heterocycles. The second-order valence-electron chi connectivity index (χ2n) is 4.44. The topological polar surface area (TPSA) is 40.9 Å². The first-order valence-electron chi connectivity index (χ1n) is 5.98. The predicted octanol–water partition coefficient (Wildman–Crippen LogP) is 5.01. The Morgan fingerprint density at radius 1 is 1.15 bits per heavy atom. The van der Waals surface area contributed by atoms with E-state index in [2.05, 4.69) is 37.9 Å². The fourth-order valence-electron chi connectivity index (χ4n) is 1.90. The van der Waals surface area contributed by atoms with E-state index in [1.807, 2.05) is 25.1 Å². The smallest absolute Gasteiger partial charge is 0.184 e. The van der Waals surface area contributed by atoms with Gasteiger partial charge < -0.3 is 0 Å². The van der Waals surface area contributed by atoms with Gasteiger partial charge in [0.05, 0.1) is 6.07 Å². The summed E-state index contributed by atoms with van der Waals surface area (Å²) in [7, 11) is 0. The minimum absolute atomic E-state index is 0.176. The molecule has 2 nitrogen and oxygen atoms in total. The number of nitriles is 1. The highest BCUT2D eigenvalue weighted by Crippen LogP contribution is 2.24. The van der Waals surface area contributed by atoms with Crippen molar-refractivity contribution in [2.24, 2.45) is 0 Å². The Morgan fingerprint density at radius 3 is 2.35 bits per heavy atom. The minimum Gasteiger partial charge on any atom is -0.292 e. The van der Waals surface area contributed by atoms with Crippen molar-refractivity contribution < 1.29 is 4.79 Å². The number of nitrogens with zero attached hydrogens (tertiary/aromatic N) is 1. The predicted molar refractivity (Wildman–Crippen MR) is 85.7 cm³/mol. The van der Waals surface area contributed by atoms with E-state index >= 15 is 0 Å². The lowest BCUT2D eigenvalue weighted by Crippen LogP contribution is -2.11. The molecule has 0 saturated carbocycles. The van der Waals surface area contributed by atoms with Crippen LogP contribution < -0.4 is 0 Å². The first-order chi connectivity index (χ1) is 9.52. The molecule has 0 N–H and O–H groups in total. The standard InChI is InChI=1S/C16H11Br2NO/c1-10-8-12(4-7-15(10)18)16(20)14(9-19)11-2-5-13(17)6-3-11/h2-8,14H,1H3. The largest absolute Gasteiger partial charge is 0.292 e. The molecule has 20 heavy (non-hydrogen) atoms. The van der Waals surface area contributed by atoms with Crippen molar-refractivity contribution in [1.29, 1.82) is 5.26 Å². The number of hydrogen-bond acceptors (Lipinski definition) is 2. The summed E-state index contributed by atoms with van der Waals surface area (Å²) in [5, 5.41) is 9.31. The van der Waals surface area contributed by atoms with E-state index < -0.39 is 5.92 Å². The zero-order valence-corrected chi connectivity index (χ0v) is 13.9. The number of benzene rings is 2. The summed E-state index contributed by atoms with van der Waals surface area (Å²) >= 11 is 6.75. The Balaban J connectivity index is 2.36. The van der Waals surface area contributed by atoms with Crippen LogP contribution in [0, 0.1) is 18.3 Å². The number of carbonyl (C=O) groups excluding carboxylic acids is 1. The molecule has 0 bridgehead atoms. The maximum atomic E-state index is 12.5. The first-order valence-corrected chi connectivity index (χ1v) is 7.57. The molecule has 0 aromatic heterocycles. The SMILES string of the molecule is Cc1cc(C(=O)C(C#N)c2ccc(Br)cc2)ccc1Br. The molecule has 100 valence electrons. The van der Waals surface area contributed by atoms with Crippen LogP contribution in [0.3, 0.4) is 0 Å². The van der Waals surface area contributed by atoms with Crippen LogP contribution in [0.15, 0.2) is 51.4 Å². The summed E-state index contributed by atoms with van der Waals surface area (Å²) in [6, 6.07) is 14.7. The van der Waals surface area contributed by atoms with Gasteiger partial charge in [-0.25, -0.2) is 0 Å². The quantitative estimate of drug-likeness (QED) is 0.688. The van der Waals surface area contributed by atoms with Crippen molar-refractivity contribution in [2.45, 2.75) is 12.8 Å². The van der Waals surface area contributed by atoms with Crippen LogP contribution in [-0.4, -0.2) is 5.78 Å². The van der Waals surface area contributed by atoms with Crippen LogP contribution >= 0.6 is 31.9 Å². The van der Waals surface area contributed by atoms with Gasteiger partial charge in [-0.2, -0.15) is 5.26 Å². The van der Waals surface area contributed by atoms with E-state index in [0.717, 1.165) is 14.5 Å². The summed E-state index contributed by atoms with van der Waals surface area (Å²) in [4.78, 5) is 12.5. The average Bonchev–Trinajstić information content (AvgIpc) is 2.44. The lowest BCUT2D eigenvalue weighted by atomic mass is 9.91. The molecule has 0 aliphatic carbocycles. The third kappa shape index (κ3) is 3.17. The van der Waals surface area contributed by atoms with E-state index in [1.165, 1.54) is 0 Å². The van der Waals surface area contributed by atoms with Crippen LogP contribution in [0.4, 0.5) is 0 Å². The molecule has 0 saturated heterocycles. The van der Waals surface area contributed by atoms with Gasteiger partial charge in [0, 0.05) is 14.5 Å². The Morgan fingerprint density at radius 2 is 1.80 bits per heavy atom. The summed E-state index contributed by atoms with van der Waals surface area (Å²) in [6.45, 7) is 1.92. The number of halogens is 2. The maximum absolute atomic E-state index is 12.5. The second kappa shape index (κ2) is 6.34. The van der Waals surface area contributed by atoms with Gasteiger partial charge in [0.1, 0.15) is 5.92 Å². The lowest BCUT2D eigenvalue weighted by Gasteiger charge is -2.10. The molecule has 1 unspecified atom stereocenters. The van der Waals surface area contributed by atoms with Crippen LogP contribution in [0.1, 0.15) is 27.4 Å². The van der Waals surface area contributed by atoms with Crippen LogP contribution in [0.5, 0.6) is 0 Å². The molecule has 2 aromatic rings. The molecule has 0 heterocycles. The molecule has 0 spiro atoms. The van der Waals surface area contributed by atoms with Gasteiger partial charge in [-0.1, -0.05) is 50.1 Å². The van der Waals surface area contributed by atoms with E-state index in [1.54, 1.807) is 24.3 Å². The highest BCUT2D eigenvalue weighted by atomic mass is 79.9. The lowest BCUT2D eigenvalue weighted by molar-refractivity contribution is 0.0979. The summed E-state index contributed by atoms with van der Waals surface area (Å²) < 4.78 is 1.87. The summed E-state index contributed by atoms with van der Waals surface area (Å²) in [6.07, 6.45) is 0.